The molecule has 0 aromatic carbocycles. The lowest BCUT2D eigenvalue weighted by molar-refractivity contribution is 0.122. The Labute approximate surface area is 122 Å². The van der Waals surface area contributed by atoms with Crippen LogP contribution < -0.4 is 15.5 Å². The molecule has 1 aliphatic rings. The summed E-state index contributed by atoms with van der Waals surface area (Å²) in [5.41, 5.74) is 0. The third kappa shape index (κ3) is 4.15. The second-order valence-corrected chi connectivity index (χ2v) is 4.75. The molecule has 1 saturated heterocycles. The first-order chi connectivity index (χ1) is 9.19. The maximum Gasteiger partial charge on any atom is 0.232 e. The third-order valence-corrected chi connectivity index (χ3v) is 3.02. The van der Waals surface area contributed by atoms with Gasteiger partial charge in [0, 0.05) is 25.7 Å². The fourth-order valence-electron chi connectivity index (χ4n) is 1.72. The van der Waals surface area contributed by atoms with Gasteiger partial charge < -0.3 is 20.3 Å². The molecular formula is C11H16ClN5OS. The molecule has 1 aromatic heterocycles. The van der Waals surface area contributed by atoms with Crippen LogP contribution in [-0.2, 0) is 4.74 Å². The summed E-state index contributed by atoms with van der Waals surface area (Å²) >= 11 is 11.1. The summed E-state index contributed by atoms with van der Waals surface area (Å²) in [6.07, 6.45) is 0. The van der Waals surface area contributed by atoms with Crippen molar-refractivity contribution >= 4 is 40.7 Å². The SMILES string of the molecule is CCNC(=S)Nc1nc(Cl)cc(N2CCOCC2)n1. The zero-order chi connectivity index (χ0) is 13.7. The molecule has 19 heavy (non-hydrogen) atoms. The number of nitrogens with one attached hydrogen (secondary N) is 2. The van der Waals surface area contributed by atoms with Crippen LogP contribution in [0.2, 0.25) is 5.15 Å². The van der Waals surface area contributed by atoms with E-state index in [1.807, 2.05) is 6.92 Å². The lowest BCUT2D eigenvalue weighted by Crippen LogP contribution is -2.37. The summed E-state index contributed by atoms with van der Waals surface area (Å²) in [6.45, 7) is 5.68. The number of aromatic nitrogens is 2. The smallest absolute Gasteiger partial charge is 0.232 e. The van der Waals surface area contributed by atoms with Crippen LogP contribution >= 0.6 is 23.8 Å². The van der Waals surface area contributed by atoms with E-state index in [0.717, 1.165) is 25.5 Å². The van der Waals surface area contributed by atoms with Gasteiger partial charge in [0.25, 0.3) is 0 Å². The number of thiocarbonyl (C=S) groups is 1. The van der Waals surface area contributed by atoms with Crippen LogP contribution in [0.25, 0.3) is 0 Å². The molecule has 0 spiro atoms. The standard InChI is InChI=1S/C11H16ClN5OS/c1-2-13-11(19)16-10-14-8(12)7-9(15-10)17-3-5-18-6-4-17/h7H,2-6H2,1H3,(H2,13,14,15,16,19). The van der Waals surface area contributed by atoms with Gasteiger partial charge in [-0.3, -0.25) is 0 Å². The lowest BCUT2D eigenvalue weighted by Gasteiger charge is -2.28. The molecule has 0 saturated carbocycles. The molecule has 0 unspecified atom stereocenters. The zero-order valence-electron chi connectivity index (χ0n) is 10.6. The van der Waals surface area contributed by atoms with Crippen molar-refractivity contribution < 1.29 is 4.74 Å². The van der Waals surface area contributed by atoms with Crippen molar-refractivity contribution in [2.45, 2.75) is 6.92 Å². The average molecular weight is 302 g/mol. The maximum absolute atomic E-state index is 6.02. The molecule has 8 heteroatoms. The van der Waals surface area contributed by atoms with Gasteiger partial charge in [-0.1, -0.05) is 11.6 Å². The van der Waals surface area contributed by atoms with Crippen molar-refractivity contribution in [3.8, 4) is 0 Å². The summed E-state index contributed by atoms with van der Waals surface area (Å²) in [6, 6.07) is 1.74. The van der Waals surface area contributed by atoms with E-state index in [1.54, 1.807) is 6.07 Å². The molecule has 1 aromatic rings. The van der Waals surface area contributed by atoms with E-state index in [2.05, 4.69) is 25.5 Å². The van der Waals surface area contributed by atoms with Gasteiger partial charge in [0.05, 0.1) is 13.2 Å². The Kier molecular flexibility index (Phi) is 5.12. The monoisotopic (exact) mass is 301 g/mol. The second-order valence-electron chi connectivity index (χ2n) is 3.96. The highest BCUT2D eigenvalue weighted by atomic mass is 35.5. The van der Waals surface area contributed by atoms with Gasteiger partial charge in [0.2, 0.25) is 5.95 Å². The maximum atomic E-state index is 6.02. The van der Waals surface area contributed by atoms with E-state index >= 15 is 0 Å². The van der Waals surface area contributed by atoms with Gasteiger partial charge in [0.1, 0.15) is 11.0 Å². The van der Waals surface area contributed by atoms with Gasteiger partial charge in [-0.2, -0.15) is 4.98 Å². The number of morpholine rings is 1. The molecule has 1 fully saturated rings. The molecule has 0 amide bonds. The van der Waals surface area contributed by atoms with E-state index in [0.29, 0.717) is 29.4 Å². The van der Waals surface area contributed by atoms with Crippen LogP contribution in [0.4, 0.5) is 11.8 Å². The van der Waals surface area contributed by atoms with Crippen LogP contribution in [0.1, 0.15) is 6.92 Å². The molecule has 0 radical (unpaired) electrons. The quantitative estimate of drug-likeness (QED) is 0.644. The minimum Gasteiger partial charge on any atom is -0.378 e. The summed E-state index contributed by atoms with van der Waals surface area (Å²) in [7, 11) is 0. The second kappa shape index (κ2) is 6.83. The highest BCUT2D eigenvalue weighted by Gasteiger charge is 2.14. The van der Waals surface area contributed by atoms with Gasteiger partial charge >= 0.3 is 0 Å². The van der Waals surface area contributed by atoms with Crippen molar-refractivity contribution in [3.05, 3.63) is 11.2 Å². The number of nitrogens with zero attached hydrogens (tertiary/aromatic N) is 3. The van der Waals surface area contributed by atoms with Crippen LogP contribution in [0, 0.1) is 0 Å². The minimum atomic E-state index is 0.387. The Hall–Kier alpha value is -1.18. The highest BCUT2D eigenvalue weighted by Crippen LogP contribution is 2.19. The van der Waals surface area contributed by atoms with Gasteiger partial charge in [-0.05, 0) is 19.1 Å². The topological polar surface area (TPSA) is 62.3 Å². The van der Waals surface area contributed by atoms with E-state index in [4.69, 9.17) is 28.6 Å². The van der Waals surface area contributed by atoms with Crippen molar-refractivity contribution in [2.75, 3.05) is 43.1 Å². The fourth-order valence-corrected chi connectivity index (χ4v) is 2.14. The largest absolute Gasteiger partial charge is 0.378 e. The number of ether oxygens (including phenoxy) is 1. The average Bonchev–Trinajstić information content (AvgIpc) is 2.39. The molecule has 0 aliphatic carbocycles. The van der Waals surface area contributed by atoms with E-state index in [9.17, 15) is 0 Å². The number of anilines is 2. The Morgan fingerprint density at radius 1 is 1.47 bits per heavy atom. The molecule has 0 atom stereocenters. The predicted molar refractivity (Wildman–Crippen MR) is 80.0 cm³/mol. The third-order valence-electron chi connectivity index (χ3n) is 2.58. The van der Waals surface area contributed by atoms with Gasteiger partial charge in [-0.15, -0.1) is 0 Å². The van der Waals surface area contributed by atoms with Gasteiger partial charge in [-0.25, -0.2) is 4.98 Å². The van der Waals surface area contributed by atoms with Crippen molar-refractivity contribution in [3.63, 3.8) is 0 Å². The molecule has 2 heterocycles. The Bertz CT molecular complexity index is 453. The summed E-state index contributed by atoms with van der Waals surface area (Å²) < 4.78 is 5.31. The van der Waals surface area contributed by atoms with E-state index in [-0.39, 0.29) is 0 Å². The number of hydrogen-bond donors (Lipinski definition) is 2. The molecule has 0 bridgehead atoms. The minimum absolute atomic E-state index is 0.387. The van der Waals surface area contributed by atoms with Crippen molar-refractivity contribution in [1.82, 2.24) is 15.3 Å². The first-order valence-electron chi connectivity index (χ1n) is 6.11. The van der Waals surface area contributed by atoms with Crippen LogP contribution in [0.3, 0.4) is 0 Å². The summed E-state index contributed by atoms with van der Waals surface area (Å²) in [4.78, 5) is 10.6. The van der Waals surface area contributed by atoms with Gasteiger partial charge in [0.15, 0.2) is 5.11 Å². The molecular weight excluding hydrogens is 286 g/mol. The Morgan fingerprint density at radius 3 is 2.89 bits per heavy atom. The van der Waals surface area contributed by atoms with Crippen LogP contribution in [-0.4, -0.2) is 47.9 Å². The predicted octanol–water partition coefficient (Wildman–Crippen LogP) is 1.27. The first-order valence-corrected chi connectivity index (χ1v) is 6.90. The number of halogens is 1. The highest BCUT2D eigenvalue weighted by molar-refractivity contribution is 7.80. The van der Waals surface area contributed by atoms with Crippen molar-refractivity contribution in [2.24, 2.45) is 0 Å². The molecule has 104 valence electrons. The fraction of sp³-hybridized carbons (Fsp3) is 0.545. The normalized spacial score (nSPS) is 15.2. The first kappa shape index (κ1) is 14.2. The Balaban J connectivity index is 2.11. The summed E-state index contributed by atoms with van der Waals surface area (Å²) in [5.74, 6) is 1.19. The molecule has 2 rings (SSSR count). The lowest BCUT2D eigenvalue weighted by atomic mass is 10.4. The Morgan fingerprint density at radius 2 is 2.21 bits per heavy atom. The zero-order valence-corrected chi connectivity index (χ0v) is 12.2. The van der Waals surface area contributed by atoms with Crippen molar-refractivity contribution in [1.29, 1.82) is 0 Å². The molecule has 6 nitrogen and oxygen atoms in total. The molecule has 1 aliphatic heterocycles. The molecule has 2 N–H and O–H groups in total. The van der Waals surface area contributed by atoms with E-state index < -0.39 is 0 Å². The van der Waals surface area contributed by atoms with E-state index in [1.165, 1.54) is 0 Å². The number of hydrogen-bond acceptors (Lipinski definition) is 5. The van der Waals surface area contributed by atoms with Crippen LogP contribution in [0.15, 0.2) is 6.07 Å². The number of rotatable bonds is 3. The summed E-state index contributed by atoms with van der Waals surface area (Å²) in [5, 5.41) is 6.77. The van der Waals surface area contributed by atoms with Crippen LogP contribution in [0.5, 0.6) is 0 Å².